The lowest BCUT2D eigenvalue weighted by molar-refractivity contribution is -0.193. The van der Waals surface area contributed by atoms with E-state index in [4.69, 9.17) is 10.5 Å². The van der Waals surface area contributed by atoms with Gasteiger partial charge in [0.25, 0.3) is 11.8 Å². The van der Waals surface area contributed by atoms with Crippen molar-refractivity contribution in [3.05, 3.63) is 42.2 Å². The maximum Gasteiger partial charge on any atom is 0.458 e. The first kappa shape index (κ1) is 25.1. The number of amides is 2. The molecular formula is C18H12F6N4O5. The van der Waals surface area contributed by atoms with Crippen molar-refractivity contribution >= 4 is 40.4 Å². The van der Waals surface area contributed by atoms with E-state index in [0.29, 0.717) is 22.8 Å². The standard InChI is InChI=1S/C14H12N4O3.C4F6O2/c15-9-2-1-5-16-13(9)14(20)17-8-3-4-10-11(6-8)21-7-12(19)18-10;5-3(6,7)1(11)2(12)4(8,9)10/h1-6H,7,15H2,(H,17,20)(H,18,19);. The minimum Gasteiger partial charge on any atom is -0.482 e. The molecule has 1 aliphatic rings. The first-order valence-electron chi connectivity index (χ1n) is 8.51. The highest BCUT2D eigenvalue weighted by Gasteiger charge is 2.54. The van der Waals surface area contributed by atoms with Crippen molar-refractivity contribution in [1.82, 2.24) is 4.98 Å². The summed E-state index contributed by atoms with van der Waals surface area (Å²) >= 11 is 0. The summed E-state index contributed by atoms with van der Waals surface area (Å²) in [5.41, 5.74) is 7.26. The van der Waals surface area contributed by atoms with Gasteiger partial charge in [-0.3, -0.25) is 19.2 Å². The topological polar surface area (TPSA) is 140 Å². The number of benzene rings is 1. The number of pyridine rings is 1. The van der Waals surface area contributed by atoms with Gasteiger partial charge in [0.1, 0.15) is 5.75 Å². The van der Waals surface area contributed by atoms with Gasteiger partial charge in [-0.05, 0) is 24.3 Å². The molecule has 0 bridgehead atoms. The molecule has 4 N–H and O–H groups in total. The Bertz CT molecular complexity index is 1080. The molecule has 15 heteroatoms. The van der Waals surface area contributed by atoms with Crippen molar-refractivity contribution < 1.29 is 50.3 Å². The second kappa shape index (κ2) is 9.54. The Morgan fingerprint density at radius 1 is 1.03 bits per heavy atom. The molecular weight excluding hydrogens is 466 g/mol. The Kier molecular flexibility index (Phi) is 7.25. The van der Waals surface area contributed by atoms with E-state index < -0.39 is 29.8 Å². The van der Waals surface area contributed by atoms with E-state index in [1.54, 1.807) is 30.3 Å². The van der Waals surface area contributed by atoms with Crippen molar-refractivity contribution in [2.75, 3.05) is 23.0 Å². The van der Waals surface area contributed by atoms with Crippen molar-refractivity contribution in [2.24, 2.45) is 0 Å². The Morgan fingerprint density at radius 3 is 2.18 bits per heavy atom. The monoisotopic (exact) mass is 478 g/mol. The molecule has 1 aromatic carbocycles. The summed E-state index contributed by atoms with van der Waals surface area (Å²) in [6.45, 7) is -0.0441. The molecule has 1 aromatic heterocycles. The van der Waals surface area contributed by atoms with E-state index in [9.17, 15) is 45.5 Å². The minimum absolute atomic E-state index is 0.0441. The molecule has 0 unspecified atom stereocenters. The quantitative estimate of drug-likeness (QED) is 0.455. The van der Waals surface area contributed by atoms with Gasteiger partial charge in [0, 0.05) is 18.0 Å². The third-order valence-corrected chi connectivity index (χ3v) is 3.65. The third-order valence-electron chi connectivity index (χ3n) is 3.65. The fourth-order valence-electron chi connectivity index (χ4n) is 2.21. The van der Waals surface area contributed by atoms with Crippen LogP contribution in [0.25, 0.3) is 0 Å². The third kappa shape index (κ3) is 6.65. The fourth-order valence-corrected chi connectivity index (χ4v) is 2.21. The molecule has 0 fully saturated rings. The van der Waals surface area contributed by atoms with E-state index >= 15 is 0 Å². The minimum atomic E-state index is -5.77. The van der Waals surface area contributed by atoms with E-state index in [1.807, 2.05) is 0 Å². The highest BCUT2D eigenvalue weighted by molar-refractivity contribution is 6.41. The van der Waals surface area contributed by atoms with Gasteiger partial charge in [0.15, 0.2) is 12.3 Å². The first-order valence-corrected chi connectivity index (χ1v) is 8.51. The number of aromatic nitrogens is 1. The van der Waals surface area contributed by atoms with Gasteiger partial charge < -0.3 is 21.1 Å². The average Bonchev–Trinajstić information content (AvgIpc) is 2.72. The Morgan fingerprint density at radius 2 is 1.64 bits per heavy atom. The van der Waals surface area contributed by atoms with Gasteiger partial charge in [-0.25, -0.2) is 4.98 Å². The van der Waals surface area contributed by atoms with Crippen LogP contribution in [-0.2, 0) is 14.4 Å². The number of hydrogen-bond acceptors (Lipinski definition) is 7. The van der Waals surface area contributed by atoms with Crippen molar-refractivity contribution in [2.45, 2.75) is 12.4 Å². The normalized spacial score (nSPS) is 12.8. The van der Waals surface area contributed by atoms with Gasteiger partial charge >= 0.3 is 23.9 Å². The van der Waals surface area contributed by atoms with Crippen molar-refractivity contribution in [3.8, 4) is 5.75 Å². The van der Waals surface area contributed by atoms with Crippen LogP contribution in [0.5, 0.6) is 5.75 Å². The summed E-state index contributed by atoms with van der Waals surface area (Å²) < 4.78 is 72.2. The summed E-state index contributed by atoms with van der Waals surface area (Å²) in [4.78, 5) is 46.5. The van der Waals surface area contributed by atoms with Crippen LogP contribution in [0, 0.1) is 0 Å². The highest BCUT2D eigenvalue weighted by Crippen LogP contribution is 2.30. The van der Waals surface area contributed by atoms with Gasteiger partial charge in [-0.2, -0.15) is 26.3 Å². The smallest absolute Gasteiger partial charge is 0.458 e. The van der Waals surface area contributed by atoms with Gasteiger partial charge in [-0.15, -0.1) is 0 Å². The average molecular weight is 478 g/mol. The maximum absolute atomic E-state index is 12.1. The molecule has 2 heterocycles. The van der Waals surface area contributed by atoms with Crippen LogP contribution < -0.4 is 21.1 Å². The molecule has 2 amide bonds. The van der Waals surface area contributed by atoms with E-state index in [0.717, 1.165) is 0 Å². The largest absolute Gasteiger partial charge is 0.482 e. The lowest BCUT2D eigenvalue weighted by atomic mass is 10.2. The van der Waals surface area contributed by atoms with Crippen LogP contribution >= 0.6 is 0 Å². The molecule has 0 radical (unpaired) electrons. The van der Waals surface area contributed by atoms with Crippen LogP contribution in [0.1, 0.15) is 10.5 Å². The van der Waals surface area contributed by atoms with E-state index in [2.05, 4.69) is 15.6 Å². The first-order chi connectivity index (χ1) is 15.2. The van der Waals surface area contributed by atoms with Crippen LogP contribution in [0.4, 0.5) is 43.4 Å². The number of carbonyl (C=O) groups is 4. The van der Waals surface area contributed by atoms with E-state index in [1.165, 1.54) is 6.20 Å². The maximum atomic E-state index is 12.1. The van der Waals surface area contributed by atoms with Crippen LogP contribution in [0.3, 0.4) is 0 Å². The highest BCUT2D eigenvalue weighted by atomic mass is 19.4. The van der Waals surface area contributed by atoms with Crippen LogP contribution in [-0.4, -0.2) is 47.3 Å². The number of ketones is 2. The Labute approximate surface area is 179 Å². The Hall–Kier alpha value is -4.17. The Balaban J connectivity index is 0.000000277. The number of nitrogens with one attached hydrogen (secondary N) is 2. The SMILES string of the molecule is Nc1cccnc1C(=O)Nc1ccc2c(c1)OCC(=O)N2.O=C(C(=O)C(F)(F)F)C(F)(F)F. The number of nitrogens with two attached hydrogens (primary N) is 1. The number of carbonyl (C=O) groups excluding carboxylic acids is 4. The second-order valence-electron chi connectivity index (χ2n) is 6.10. The number of hydrogen-bond donors (Lipinski definition) is 3. The fraction of sp³-hybridized carbons (Fsp3) is 0.167. The molecule has 0 saturated carbocycles. The number of nitrogen functional groups attached to an aromatic ring is 1. The number of Topliss-reactive ketones (excluding diaryl/α,β-unsaturated/α-hetero) is 2. The summed E-state index contributed by atoms with van der Waals surface area (Å²) in [5.74, 6) is -6.93. The molecule has 2 aromatic rings. The molecule has 3 rings (SSSR count). The van der Waals surface area contributed by atoms with Gasteiger partial charge in [0.2, 0.25) is 0 Å². The molecule has 1 aliphatic heterocycles. The zero-order valence-electron chi connectivity index (χ0n) is 16.0. The molecule has 0 spiro atoms. The predicted octanol–water partition coefficient (Wildman–Crippen LogP) is 2.50. The molecule has 33 heavy (non-hydrogen) atoms. The zero-order chi connectivity index (χ0) is 25.0. The molecule has 0 saturated heterocycles. The molecule has 176 valence electrons. The number of halogens is 6. The van der Waals surface area contributed by atoms with Crippen molar-refractivity contribution in [3.63, 3.8) is 0 Å². The summed E-state index contributed by atoms with van der Waals surface area (Å²) in [6, 6.07) is 8.20. The number of rotatable bonds is 3. The second-order valence-corrected chi connectivity index (χ2v) is 6.10. The lowest BCUT2D eigenvalue weighted by Crippen LogP contribution is -2.39. The zero-order valence-corrected chi connectivity index (χ0v) is 16.0. The summed E-state index contributed by atoms with van der Waals surface area (Å²) in [7, 11) is 0. The number of fused-ring (bicyclic) bond motifs is 1. The van der Waals surface area contributed by atoms with Gasteiger partial charge in [0.05, 0.1) is 11.4 Å². The van der Waals surface area contributed by atoms with E-state index in [-0.39, 0.29) is 18.2 Å². The van der Waals surface area contributed by atoms with Crippen molar-refractivity contribution in [1.29, 1.82) is 0 Å². The molecule has 0 atom stereocenters. The van der Waals surface area contributed by atoms with Crippen LogP contribution in [0.15, 0.2) is 36.5 Å². The molecule has 0 aliphatic carbocycles. The summed E-state index contributed by atoms with van der Waals surface area (Å²) in [6.07, 6.45) is -10.0. The number of alkyl halides is 6. The van der Waals surface area contributed by atoms with Crippen LogP contribution in [0.2, 0.25) is 0 Å². The molecule has 9 nitrogen and oxygen atoms in total. The number of ether oxygens (including phenoxy) is 1. The number of anilines is 3. The predicted molar refractivity (Wildman–Crippen MR) is 99.3 cm³/mol. The lowest BCUT2D eigenvalue weighted by Gasteiger charge is -2.18. The summed E-state index contributed by atoms with van der Waals surface area (Å²) in [5, 5.41) is 5.36. The van der Waals surface area contributed by atoms with Gasteiger partial charge in [-0.1, -0.05) is 0 Å². The number of nitrogens with zero attached hydrogens (tertiary/aromatic N) is 1.